The number of nitrogens with zero attached hydrogens (tertiary/aromatic N) is 1. The number of benzene rings is 1. The number of hydrogen-bond donors (Lipinski definition) is 1. The summed E-state index contributed by atoms with van der Waals surface area (Å²) in [5, 5.41) is 19.0. The van der Waals surface area contributed by atoms with Crippen molar-refractivity contribution in [3.05, 3.63) is 38.9 Å². The zero-order valence-corrected chi connectivity index (χ0v) is 9.04. The quantitative estimate of drug-likeness (QED) is 0.516. The van der Waals surface area contributed by atoms with Crippen LogP contribution in [0.4, 0.5) is 32.0 Å². The molecule has 0 aliphatic carbocycles. The van der Waals surface area contributed by atoms with Crippen molar-refractivity contribution in [2.75, 3.05) is 0 Å². The summed E-state index contributed by atoms with van der Waals surface area (Å²) in [4.78, 5) is 19.2. The summed E-state index contributed by atoms with van der Waals surface area (Å²) in [5.41, 5.74) is -8.12. The van der Waals surface area contributed by atoms with Crippen LogP contribution < -0.4 is 0 Å². The van der Waals surface area contributed by atoms with Gasteiger partial charge in [0.2, 0.25) is 0 Å². The van der Waals surface area contributed by atoms with Gasteiger partial charge in [0.25, 0.3) is 5.69 Å². The minimum absolute atomic E-state index is 0.213. The predicted molar refractivity (Wildman–Crippen MR) is 50.1 cm³/mol. The summed E-state index contributed by atoms with van der Waals surface area (Å²) in [7, 11) is 0. The standard InChI is InChI=1S/C9H3F6NO4/c10-8(11,12)4-1-3(7(17)18)2-5(9(13,14)15)6(4)16(19)20/h1-2H,(H,17,18). The van der Waals surface area contributed by atoms with Gasteiger partial charge >= 0.3 is 18.3 Å². The van der Waals surface area contributed by atoms with Crippen LogP contribution in [0, 0.1) is 10.1 Å². The lowest BCUT2D eigenvalue weighted by Gasteiger charge is -2.13. The number of carboxylic acid groups (broad SMARTS) is 1. The molecule has 0 atom stereocenters. The van der Waals surface area contributed by atoms with Crippen LogP contribution in [0.1, 0.15) is 21.5 Å². The molecule has 0 aliphatic rings. The van der Waals surface area contributed by atoms with E-state index in [1.807, 2.05) is 0 Å². The van der Waals surface area contributed by atoms with Crippen LogP contribution in [-0.4, -0.2) is 16.0 Å². The van der Waals surface area contributed by atoms with Gasteiger partial charge in [0.15, 0.2) is 0 Å². The van der Waals surface area contributed by atoms with Crippen LogP contribution in [0.3, 0.4) is 0 Å². The molecule has 20 heavy (non-hydrogen) atoms. The number of carboxylic acids is 1. The van der Waals surface area contributed by atoms with Crippen LogP contribution in [0.5, 0.6) is 0 Å². The molecule has 0 amide bonds. The fourth-order valence-corrected chi connectivity index (χ4v) is 1.39. The largest absolute Gasteiger partial charge is 0.478 e. The normalized spacial score (nSPS) is 12.3. The highest BCUT2D eigenvalue weighted by Crippen LogP contribution is 2.44. The van der Waals surface area contributed by atoms with Gasteiger partial charge in [0.1, 0.15) is 11.1 Å². The van der Waals surface area contributed by atoms with Gasteiger partial charge in [-0.1, -0.05) is 0 Å². The van der Waals surface area contributed by atoms with Crippen molar-refractivity contribution in [1.82, 2.24) is 0 Å². The molecule has 0 bridgehead atoms. The van der Waals surface area contributed by atoms with Crippen LogP contribution in [-0.2, 0) is 12.4 Å². The van der Waals surface area contributed by atoms with Gasteiger partial charge in [-0.05, 0) is 12.1 Å². The highest BCUT2D eigenvalue weighted by Gasteiger charge is 2.47. The number of rotatable bonds is 2. The lowest BCUT2D eigenvalue weighted by atomic mass is 10.0. The topological polar surface area (TPSA) is 80.4 Å². The Kier molecular flexibility index (Phi) is 3.66. The fourth-order valence-electron chi connectivity index (χ4n) is 1.39. The Hall–Kier alpha value is -2.33. The number of carbonyl (C=O) groups is 1. The smallest absolute Gasteiger partial charge is 0.423 e. The number of alkyl halides is 6. The molecule has 0 unspecified atom stereocenters. The van der Waals surface area contributed by atoms with Crippen molar-refractivity contribution >= 4 is 11.7 Å². The maximum Gasteiger partial charge on any atom is 0.423 e. The first-order chi connectivity index (χ1) is 8.85. The minimum Gasteiger partial charge on any atom is -0.478 e. The Balaban J connectivity index is 3.86. The summed E-state index contributed by atoms with van der Waals surface area (Å²) in [6, 6.07) is -0.425. The molecule has 110 valence electrons. The van der Waals surface area contributed by atoms with E-state index in [0.717, 1.165) is 0 Å². The second kappa shape index (κ2) is 4.65. The van der Waals surface area contributed by atoms with Gasteiger partial charge in [-0.25, -0.2) is 4.79 Å². The first kappa shape index (κ1) is 15.7. The highest BCUT2D eigenvalue weighted by molar-refractivity contribution is 5.89. The maximum absolute atomic E-state index is 12.6. The van der Waals surface area contributed by atoms with E-state index in [1.165, 1.54) is 0 Å². The molecule has 0 saturated heterocycles. The van der Waals surface area contributed by atoms with Gasteiger partial charge in [-0.15, -0.1) is 0 Å². The summed E-state index contributed by atoms with van der Waals surface area (Å²) in [6.07, 6.45) is -11.0. The zero-order chi connectivity index (χ0) is 15.9. The Morgan fingerprint density at radius 1 is 1.05 bits per heavy atom. The molecule has 0 aromatic heterocycles. The highest BCUT2D eigenvalue weighted by atomic mass is 19.4. The van der Waals surface area contributed by atoms with E-state index in [0.29, 0.717) is 0 Å². The number of nitro groups is 1. The Morgan fingerprint density at radius 3 is 1.60 bits per heavy atom. The SMILES string of the molecule is O=C(O)c1cc(C(F)(F)F)c([N+](=O)[O-])c(C(F)(F)F)c1. The van der Waals surface area contributed by atoms with E-state index in [9.17, 15) is 41.3 Å². The first-order valence-electron chi connectivity index (χ1n) is 4.56. The monoisotopic (exact) mass is 303 g/mol. The van der Waals surface area contributed by atoms with E-state index in [-0.39, 0.29) is 12.1 Å². The summed E-state index contributed by atoms with van der Waals surface area (Å²) in [6.45, 7) is 0. The second-order valence-corrected chi connectivity index (χ2v) is 3.48. The van der Waals surface area contributed by atoms with Crippen molar-refractivity contribution in [1.29, 1.82) is 0 Å². The molecule has 1 rings (SSSR count). The molecule has 1 aromatic carbocycles. The van der Waals surface area contributed by atoms with Gasteiger partial charge in [-0.2, -0.15) is 26.3 Å². The van der Waals surface area contributed by atoms with Crippen LogP contribution >= 0.6 is 0 Å². The first-order valence-corrected chi connectivity index (χ1v) is 4.56. The zero-order valence-electron chi connectivity index (χ0n) is 9.04. The van der Waals surface area contributed by atoms with Crippen molar-refractivity contribution in [3.8, 4) is 0 Å². The Labute approximate surface area is 105 Å². The van der Waals surface area contributed by atoms with Crippen molar-refractivity contribution in [2.24, 2.45) is 0 Å². The summed E-state index contributed by atoms with van der Waals surface area (Å²) in [5.74, 6) is -2.07. The third-order valence-corrected chi connectivity index (χ3v) is 2.15. The van der Waals surface area contributed by atoms with Crippen LogP contribution in [0.15, 0.2) is 12.1 Å². The van der Waals surface area contributed by atoms with E-state index < -0.39 is 45.6 Å². The molecule has 11 heteroatoms. The van der Waals surface area contributed by atoms with Crippen LogP contribution in [0.2, 0.25) is 0 Å². The molecule has 0 aliphatic heterocycles. The van der Waals surface area contributed by atoms with Gasteiger partial charge in [-0.3, -0.25) is 10.1 Å². The Morgan fingerprint density at radius 2 is 1.40 bits per heavy atom. The molecular weight excluding hydrogens is 300 g/mol. The molecule has 0 spiro atoms. The number of aromatic carboxylic acids is 1. The van der Waals surface area contributed by atoms with Crippen molar-refractivity contribution < 1.29 is 41.2 Å². The van der Waals surface area contributed by atoms with Gasteiger partial charge in [0, 0.05) is 0 Å². The number of nitro benzene ring substituents is 1. The molecule has 0 heterocycles. The van der Waals surface area contributed by atoms with E-state index >= 15 is 0 Å². The lowest BCUT2D eigenvalue weighted by Crippen LogP contribution is -2.17. The summed E-state index contributed by atoms with van der Waals surface area (Å²) >= 11 is 0. The molecule has 1 N–H and O–H groups in total. The third kappa shape index (κ3) is 2.97. The molecule has 1 aromatic rings. The average molecular weight is 303 g/mol. The van der Waals surface area contributed by atoms with Gasteiger partial charge < -0.3 is 5.11 Å². The minimum atomic E-state index is -5.51. The Bertz CT molecular complexity index is 542. The predicted octanol–water partition coefficient (Wildman–Crippen LogP) is 3.33. The van der Waals surface area contributed by atoms with Crippen molar-refractivity contribution in [2.45, 2.75) is 12.4 Å². The third-order valence-electron chi connectivity index (χ3n) is 2.15. The van der Waals surface area contributed by atoms with E-state index in [4.69, 9.17) is 5.11 Å². The second-order valence-electron chi connectivity index (χ2n) is 3.48. The van der Waals surface area contributed by atoms with E-state index in [1.54, 1.807) is 0 Å². The molecular formula is C9H3F6NO4. The molecule has 0 fully saturated rings. The average Bonchev–Trinajstić information content (AvgIpc) is 2.24. The fraction of sp³-hybridized carbons (Fsp3) is 0.222. The molecule has 0 radical (unpaired) electrons. The maximum atomic E-state index is 12.6. The number of halogens is 6. The van der Waals surface area contributed by atoms with Crippen LogP contribution in [0.25, 0.3) is 0 Å². The number of hydrogen-bond acceptors (Lipinski definition) is 3. The van der Waals surface area contributed by atoms with Gasteiger partial charge in [0.05, 0.1) is 10.5 Å². The van der Waals surface area contributed by atoms with E-state index in [2.05, 4.69) is 0 Å². The molecule has 5 nitrogen and oxygen atoms in total. The lowest BCUT2D eigenvalue weighted by molar-refractivity contribution is -0.391. The van der Waals surface area contributed by atoms with Crippen molar-refractivity contribution in [3.63, 3.8) is 0 Å². The summed E-state index contributed by atoms with van der Waals surface area (Å²) < 4.78 is 75.3. The molecule has 0 saturated carbocycles.